The lowest BCUT2D eigenvalue weighted by Gasteiger charge is -2.21. The van der Waals surface area contributed by atoms with Crippen LogP contribution in [0, 0.1) is 5.92 Å². The number of rotatable bonds is 11. The van der Waals surface area contributed by atoms with Gasteiger partial charge in [-0.25, -0.2) is 13.1 Å². The number of benzene rings is 1. The highest BCUT2D eigenvalue weighted by Gasteiger charge is 2.47. The van der Waals surface area contributed by atoms with E-state index in [1.165, 1.54) is 12.8 Å². The summed E-state index contributed by atoms with van der Waals surface area (Å²) >= 11 is 0. The van der Waals surface area contributed by atoms with Crippen molar-refractivity contribution in [2.24, 2.45) is 5.92 Å². The van der Waals surface area contributed by atoms with Crippen molar-refractivity contribution in [1.29, 1.82) is 0 Å². The fourth-order valence-electron chi connectivity index (χ4n) is 3.19. The molecule has 0 bridgehead atoms. The van der Waals surface area contributed by atoms with Gasteiger partial charge in [-0.15, -0.1) is 0 Å². The molecule has 0 unspecified atom stereocenters. The van der Waals surface area contributed by atoms with Crippen LogP contribution >= 0.6 is 0 Å². The highest BCUT2D eigenvalue weighted by molar-refractivity contribution is 7.89. The highest BCUT2D eigenvalue weighted by Crippen LogP contribution is 2.47. The van der Waals surface area contributed by atoms with E-state index in [-0.39, 0.29) is 11.3 Å². The average Bonchev–Trinajstić information content (AvgIpc) is 3.48. The minimum Gasteiger partial charge on any atom is -0.493 e. The van der Waals surface area contributed by atoms with Crippen molar-refractivity contribution in [2.75, 3.05) is 18.9 Å². The first kappa shape index (κ1) is 20.6. The highest BCUT2D eigenvalue weighted by atomic mass is 32.2. The molecule has 2 aliphatic rings. The molecule has 0 aromatic heterocycles. The Balaban J connectivity index is 1.50. The Labute approximate surface area is 164 Å². The first-order chi connectivity index (χ1) is 12.7. The molecule has 1 aromatic rings. The zero-order valence-electron chi connectivity index (χ0n) is 16.9. The molecule has 5 nitrogen and oxygen atoms in total. The Morgan fingerprint density at radius 3 is 2.56 bits per heavy atom. The number of ether oxygens (including phenoxy) is 1. The molecule has 2 saturated carbocycles. The van der Waals surface area contributed by atoms with E-state index < -0.39 is 15.6 Å². The van der Waals surface area contributed by atoms with Crippen LogP contribution in [0.1, 0.15) is 64.9 Å². The summed E-state index contributed by atoms with van der Waals surface area (Å²) < 4.78 is 34.0. The van der Waals surface area contributed by atoms with Crippen LogP contribution in [0.3, 0.4) is 0 Å². The summed E-state index contributed by atoms with van der Waals surface area (Å²) in [5.41, 5.74) is 0.664. The third-order valence-electron chi connectivity index (χ3n) is 5.17. The third-order valence-corrected chi connectivity index (χ3v) is 6.69. The van der Waals surface area contributed by atoms with Gasteiger partial charge in [-0.05, 0) is 89.5 Å². The number of unbranched alkanes of at least 4 members (excludes halogenated alkanes) is 1. The lowest BCUT2D eigenvalue weighted by atomic mass is 10.1. The van der Waals surface area contributed by atoms with E-state index in [2.05, 4.69) is 30.8 Å². The maximum absolute atomic E-state index is 12.6. The van der Waals surface area contributed by atoms with Crippen LogP contribution in [0.15, 0.2) is 24.3 Å². The normalized spacial score (nSPS) is 19.1. The molecule has 0 atom stereocenters. The van der Waals surface area contributed by atoms with Crippen molar-refractivity contribution in [1.82, 2.24) is 10.0 Å². The van der Waals surface area contributed by atoms with Gasteiger partial charge in [0.2, 0.25) is 10.0 Å². The summed E-state index contributed by atoms with van der Waals surface area (Å²) in [5, 5.41) is 3.40. The van der Waals surface area contributed by atoms with Crippen LogP contribution in [0.5, 0.6) is 5.75 Å². The zero-order chi connectivity index (χ0) is 19.5. The molecule has 2 aliphatic carbocycles. The first-order valence-corrected chi connectivity index (χ1v) is 11.8. The van der Waals surface area contributed by atoms with Gasteiger partial charge in [-0.2, -0.15) is 0 Å². The second kappa shape index (κ2) is 8.10. The van der Waals surface area contributed by atoms with Crippen molar-refractivity contribution in [3.8, 4) is 5.75 Å². The Morgan fingerprint density at radius 2 is 1.93 bits per heavy atom. The Bertz CT molecular complexity index is 732. The average molecular weight is 395 g/mol. The van der Waals surface area contributed by atoms with E-state index in [0.717, 1.165) is 43.7 Å². The van der Waals surface area contributed by atoms with Gasteiger partial charge < -0.3 is 10.1 Å². The quantitative estimate of drug-likeness (QED) is 0.563. The molecule has 0 heterocycles. The van der Waals surface area contributed by atoms with E-state index in [1.54, 1.807) is 0 Å². The monoisotopic (exact) mass is 394 g/mol. The molecular weight excluding hydrogens is 360 g/mol. The van der Waals surface area contributed by atoms with Crippen molar-refractivity contribution in [2.45, 2.75) is 70.4 Å². The van der Waals surface area contributed by atoms with Gasteiger partial charge in [0.05, 0.1) is 17.9 Å². The van der Waals surface area contributed by atoms with Crippen molar-refractivity contribution in [3.05, 3.63) is 29.8 Å². The molecule has 0 aliphatic heterocycles. The first-order valence-electron chi connectivity index (χ1n) is 10.2. The summed E-state index contributed by atoms with van der Waals surface area (Å²) in [5.74, 6) is 1.73. The van der Waals surface area contributed by atoms with Gasteiger partial charge in [0.1, 0.15) is 5.75 Å². The molecule has 0 amide bonds. The molecule has 0 spiro atoms. The van der Waals surface area contributed by atoms with Gasteiger partial charge in [-0.3, -0.25) is 0 Å². The lowest BCUT2D eigenvalue weighted by Crippen LogP contribution is -2.38. The summed E-state index contributed by atoms with van der Waals surface area (Å²) in [6.45, 7) is 7.95. The van der Waals surface area contributed by atoms with Crippen LogP contribution < -0.4 is 14.8 Å². The number of sulfonamides is 1. The molecule has 152 valence electrons. The standard InChI is InChI=1S/C21H34N2O3S/c1-20(2,3)22-13-4-5-14-27(24,25)23-21(11-12-21)18-7-6-8-19(15-18)26-16-17-9-10-17/h6-8,15,17,22-23H,4-5,9-14,16H2,1-3H3. The zero-order valence-corrected chi connectivity index (χ0v) is 17.7. The van der Waals surface area contributed by atoms with Crippen LogP contribution in [-0.2, 0) is 15.6 Å². The summed E-state index contributed by atoms with van der Waals surface area (Å²) in [7, 11) is -3.29. The van der Waals surface area contributed by atoms with E-state index in [4.69, 9.17) is 4.74 Å². The van der Waals surface area contributed by atoms with Crippen molar-refractivity contribution in [3.63, 3.8) is 0 Å². The molecule has 0 radical (unpaired) electrons. The molecule has 0 saturated heterocycles. The second-order valence-electron chi connectivity index (χ2n) is 9.17. The SMILES string of the molecule is CC(C)(C)NCCCCS(=O)(=O)NC1(c2cccc(OCC3CC3)c2)CC1. The molecule has 2 fully saturated rings. The second-order valence-corrected chi connectivity index (χ2v) is 11.0. The molecule has 2 N–H and O–H groups in total. The number of hydrogen-bond donors (Lipinski definition) is 2. The summed E-state index contributed by atoms with van der Waals surface area (Å²) in [6.07, 6.45) is 5.74. The smallest absolute Gasteiger partial charge is 0.212 e. The minimum atomic E-state index is -3.29. The maximum atomic E-state index is 12.6. The van der Waals surface area contributed by atoms with Gasteiger partial charge in [0, 0.05) is 5.54 Å². The fraction of sp³-hybridized carbons (Fsp3) is 0.714. The Kier molecular flexibility index (Phi) is 6.18. The molecule has 27 heavy (non-hydrogen) atoms. The Hall–Kier alpha value is -1.11. The van der Waals surface area contributed by atoms with Crippen LogP contribution in [0.2, 0.25) is 0 Å². The molecule has 1 aromatic carbocycles. The largest absolute Gasteiger partial charge is 0.493 e. The molecule has 3 rings (SSSR count). The van der Waals surface area contributed by atoms with Crippen LogP contribution in [0.25, 0.3) is 0 Å². The summed E-state index contributed by atoms with van der Waals surface area (Å²) in [6, 6.07) is 7.93. The Morgan fingerprint density at radius 1 is 1.19 bits per heavy atom. The molecule has 6 heteroatoms. The summed E-state index contributed by atoms with van der Waals surface area (Å²) in [4.78, 5) is 0. The predicted molar refractivity (Wildman–Crippen MR) is 109 cm³/mol. The fourth-order valence-corrected chi connectivity index (χ4v) is 4.79. The van der Waals surface area contributed by atoms with Gasteiger partial charge in [0.25, 0.3) is 0 Å². The minimum absolute atomic E-state index is 0.0712. The van der Waals surface area contributed by atoms with Crippen molar-refractivity contribution >= 4 is 10.0 Å². The lowest BCUT2D eigenvalue weighted by molar-refractivity contribution is 0.299. The van der Waals surface area contributed by atoms with Gasteiger partial charge >= 0.3 is 0 Å². The number of hydrogen-bond acceptors (Lipinski definition) is 4. The third kappa shape index (κ3) is 6.77. The van der Waals surface area contributed by atoms with Crippen LogP contribution in [-0.4, -0.2) is 32.9 Å². The maximum Gasteiger partial charge on any atom is 0.212 e. The van der Waals surface area contributed by atoms with Gasteiger partial charge in [0.15, 0.2) is 0 Å². The van der Waals surface area contributed by atoms with E-state index in [0.29, 0.717) is 12.3 Å². The van der Waals surface area contributed by atoms with Crippen molar-refractivity contribution < 1.29 is 13.2 Å². The topological polar surface area (TPSA) is 67.4 Å². The van der Waals surface area contributed by atoms with E-state index >= 15 is 0 Å². The van der Waals surface area contributed by atoms with E-state index in [9.17, 15) is 8.42 Å². The van der Waals surface area contributed by atoms with E-state index in [1.807, 2.05) is 24.3 Å². The van der Waals surface area contributed by atoms with Crippen LogP contribution in [0.4, 0.5) is 0 Å². The predicted octanol–water partition coefficient (Wildman–Crippen LogP) is 3.55. The van der Waals surface area contributed by atoms with Gasteiger partial charge in [-0.1, -0.05) is 12.1 Å². The number of nitrogens with one attached hydrogen (secondary N) is 2. The molecular formula is C21H34N2O3S.